The Morgan fingerprint density at radius 2 is 2.53 bits per heavy atom. The van der Waals surface area contributed by atoms with Crippen LogP contribution < -0.4 is 10.6 Å². The second-order valence-electron chi connectivity index (χ2n) is 3.97. The highest BCUT2D eigenvalue weighted by molar-refractivity contribution is 7.99. The fraction of sp³-hybridized carbons (Fsp3) is 0.636. The molecule has 0 radical (unpaired) electrons. The summed E-state index contributed by atoms with van der Waals surface area (Å²) in [7, 11) is 0. The van der Waals surface area contributed by atoms with Crippen LogP contribution in [0.1, 0.15) is 26.2 Å². The number of rotatable bonds is 4. The molecule has 6 heteroatoms. The van der Waals surface area contributed by atoms with Crippen LogP contribution in [0, 0.1) is 0 Å². The van der Waals surface area contributed by atoms with Crippen LogP contribution >= 0.6 is 23.1 Å². The number of urea groups is 1. The lowest BCUT2D eigenvalue weighted by atomic mass is 10.2. The third kappa shape index (κ3) is 3.61. The number of anilines is 1. The molecule has 0 spiro atoms. The lowest BCUT2D eigenvalue weighted by Gasteiger charge is -2.19. The van der Waals surface area contributed by atoms with Gasteiger partial charge >= 0.3 is 6.03 Å². The maximum absolute atomic E-state index is 11.8. The largest absolute Gasteiger partial charge is 0.334 e. The molecule has 2 atom stereocenters. The molecule has 1 saturated carbocycles. The second kappa shape index (κ2) is 6.26. The molecule has 1 fully saturated rings. The Kier molecular flexibility index (Phi) is 4.67. The summed E-state index contributed by atoms with van der Waals surface area (Å²) in [6.45, 7) is 2.16. The van der Waals surface area contributed by atoms with Crippen molar-refractivity contribution in [1.29, 1.82) is 0 Å². The van der Waals surface area contributed by atoms with Crippen LogP contribution in [0.3, 0.4) is 0 Å². The van der Waals surface area contributed by atoms with Crippen molar-refractivity contribution < 1.29 is 4.79 Å². The second-order valence-corrected chi connectivity index (χ2v) is 6.38. The van der Waals surface area contributed by atoms with Gasteiger partial charge in [-0.1, -0.05) is 13.3 Å². The van der Waals surface area contributed by atoms with Gasteiger partial charge in [-0.15, -0.1) is 11.3 Å². The van der Waals surface area contributed by atoms with E-state index in [1.54, 1.807) is 6.20 Å². The summed E-state index contributed by atoms with van der Waals surface area (Å²) in [5.41, 5.74) is 0. The van der Waals surface area contributed by atoms with Gasteiger partial charge in [0.1, 0.15) is 0 Å². The highest BCUT2D eigenvalue weighted by Gasteiger charge is 2.28. The molecule has 2 rings (SSSR count). The van der Waals surface area contributed by atoms with Crippen LogP contribution in [-0.4, -0.2) is 28.1 Å². The SMILES string of the molecule is CCSC1CCCC1NC(=O)Nc1nccs1. The van der Waals surface area contributed by atoms with E-state index in [1.807, 2.05) is 17.1 Å². The van der Waals surface area contributed by atoms with Crippen molar-refractivity contribution in [3.05, 3.63) is 11.6 Å². The first-order chi connectivity index (χ1) is 8.29. The van der Waals surface area contributed by atoms with Gasteiger partial charge in [-0.05, 0) is 18.6 Å². The number of carbonyl (C=O) groups is 1. The molecule has 4 nitrogen and oxygen atoms in total. The molecule has 2 unspecified atom stereocenters. The molecule has 2 amide bonds. The Morgan fingerprint density at radius 1 is 1.65 bits per heavy atom. The van der Waals surface area contributed by atoms with Crippen molar-refractivity contribution in [3.63, 3.8) is 0 Å². The first-order valence-electron chi connectivity index (χ1n) is 5.88. The van der Waals surface area contributed by atoms with E-state index in [0.717, 1.165) is 12.2 Å². The molecule has 1 aromatic heterocycles. The molecule has 1 aliphatic carbocycles. The Hall–Kier alpha value is -0.750. The maximum Gasteiger partial charge on any atom is 0.321 e. The van der Waals surface area contributed by atoms with E-state index in [1.165, 1.54) is 24.2 Å². The van der Waals surface area contributed by atoms with E-state index in [9.17, 15) is 4.79 Å². The zero-order valence-electron chi connectivity index (χ0n) is 9.81. The minimum atomic E-state index is -0.131. The number of thiazole rings is 1. The first-order valence-corrected chi connectivity index (χ1v) is 7.81. The Labute approximate surface area is 110 Å². The topological polar surface area (TPSA) is 54.0 Å². The predicted molar refractivity (Wildman–Crippen MR) is 73.8 cm³/mol. The molecule has 1 heterocycles. The maximum atomic E-state index is 11.8. The van der Waals surface area contributed by atoms with E-state index in [4.69, 9.17) is 0 Å². The number of aromatic nitrogens is 1. The van der Waals surface area contributed by atoms with Gasteiger partial charge in [0.15, 0.2) is 5.13 Å². The van der Waals surface area contributed by atoms with Crippen LogP contribution in [0.2, 0.25) is 0 Å². The molecule has 1 aliphatic rings. The molecule has 0 aromatic carbocycles. The minimum Gasteiger partial charge on any atom is -0.334 e. The van der Waals surface area contributed by atoms with E-state index >= 15 is 0 Å². The van der Waals surface area contributed by atoms with Gasteiger partial charge in [-0.2, -0.15) is 11.8 Å². The summed E-state index contributed by atoms with van der Waals surface area (Å²) in [5.74, 6) is 1.11. The monoisotopic (exact) mass is 271 g/mol. The average Bonchev–Trinajstić information content (AvgIpc) is 2.92. The van der Waals surface area contributed by atoms with Crippen molar-refractivity contribution in [1.82, 2.24) is 10.3 Å². The molecule has 0 aliphatic heterocycles. The van der Waals surface area contributed by atoms with Crippen LogP contribution in [0.25, 0.3) is 0 Å². The summed E-state index contributed by atoms with van der Waals surface area (Å²) < 4.78 is 0. The molecule has 94 valence electrons. The number of carbonyl (C=O) groups excluding carboxylic acids is 1. The smallest absolute Gasteiger partial charge is 0.321 e. The minimum absolute atomic E-state index is 0.131. The predicted octanol–water partition coefficient (Wildman–Crippen LogP) is 2.94. The van der Waals surface area contributed by atoms with Gasteiger partial charge in [0.25, 0.3) is 0 Å². The van der Waals surface area contributed by atoms with Gasteiger partial charge < -0.3 is 5.32 Å². The number of nitrogens with one attached hydrogen (secondary N) is 2. The molecule has 0 bridgehead atoms. The fourth-order valence-corrected chi connectivity index (χ4v) is 3.81. The number of thioether (sulfide) groups is 1. The molecular formula is C11H17N3OS2. The Balaban J connectivity index is 1.81. The highest BCUT2D eigenvalue weighted by atomic mass is 32.2. The number of nitrogens with zero attached hydrogens (tertiary/aromatic N) is 1. The number of amides is 2. The van der Waals surface area contributed by atoms with Crippen molar-refractivity contribution in [2.24, 2.45) is 0 Å². The van der Waals surface area contributed by atoms with Crippen molar-refractivity contribution in [2.45, 2.75) is 37.5 Å². The molecule has 2 N–H and O–H groups in total. The van der Waals surface area contributed by atoms with Crippen molar-refractivity contribution in [2.75, 3.05) is 11.1 Å². The zero-order valence-corrected chi connectivity index (χ0v) is 11.4. The van der Waals surface area contributed by atoms with Crippen LogP contribution in [0.15, 0.2) is 11.6 Å². The summed E-state index contributed by atoms with van der Waals surface area (Å²) in [4.78, 5) is 15.8. The lowest BCUT2D eigenvalue weighted by Crippen LogP contribution is -2.41. The molecular weight excluding hydrogens is 254 g/mol. The van der Waals surface area contributed by atoms with Crippen LogP contribution in [-0.2, 0) is 0 Å². The van der Waals surface area contributed by atoms with Gasteiger partial charge in [0.2, 0.25) is 0 Å². The first kappa shape index (κ1) is 12.7. The summed E-state index contributed by atoms with van der Waals surface area (Å²) >= 11 is 3.37. The van der Waals surface area contributed by atoms with Crippen molar-refractivity contribution >= 4 is 34.3 Å². The van der Waals surface area contributed by atoms with E-state index < -0.39 is 0 Å². The van der Waals surface area contributed by atoms with Gasteiger partial charge in [0, 0.05) is 22.9 Å². The third-order valence-corrected chi connectivity index (χ3v) is 4.82. The average molecular weight is 271 g/mol. The van der Waals surface area contributed by atoms with Gasteiger partial charge in [0.05, 0.1) is 0 Å². The summed E-state index contributed by atoms with van der Waals surface area (Å²) in [6, 6.07) is 0.175. The molecule has 1 aromatic rings. The highest BCUT2D eigenvalue weighted by Crippen LogP contribution is 2.29. The lowest BCUT2D eigenvalue weighted by molar-refractivity contribution is 0.249. The van der Waals surface area contributed by atoms with Crippen LogP contribution in [0.5, 0.6) is 0 Å². The normalized spacial score (nSPS) is 23.6. The number of hydrogen-bond donors (Lipinski definition) is 2. The quantitative estimate of drug-likeness (QED) is 0.885. The van der Waals surface area contributed by atoms with Crippen molar-refractivity contribution in [3.8, 4) is 0 Å². The van der Waals surface area contributed by atoms with Gasteiger partial charge in [-0.25, -0.2) is 9.78 Å². The third-order valence-electron chi connectivity index (χ3n) is 2.80. The van der Waals surface area contributed by atoms with E-state index in [0.29, 0.717) is 16.4 Å². The summed E-state index contributed by atoms with van der Waals surface area (Å²) in [5, 5.41) is 8.88. The van der Waals surface area contributed by atoms with E-state index in [2.05, 4.69) is 22.5 Å². The standard InChI is InChI=1S/C11H17N3OS2/c1-2-16-9-5-3-4-8(9)13-10(15)14-11-12-6-7-17-11/h6-9H,2-5H2,1H3,(H2,12,13,14,15). The molecule has 17 heavy (non-hydrogen) atoms. The molecule has 0 saturated heterocycles. The summed E-state index contributed by atoms with van der Waals surface area (Å²) in [6.07, 6.45) is 5.19. The fourth-order valence-electron chi connectivity index (χ4n) is 2.09. The van der Waals surface area contributed by atoms with Crippen LogP contribution in [0.4, 0.5) is 9.93 Å². The Bertz CT molecular complexity index is 356. The Morgan fingerprint density at radius 3 is 3.24 bits per heavy atom. The van der Waals surface area contributed by atoms with Gasteiger partial charge in [-0.3, -0.25) is 5.32 Å². The van der Waals surface area contributed by atoms with E-state index in [-0.39, 0.29) is 6.03 Å². The zero-order chi connectivity index (χ0) is 12.1. The number of hydrogen-bond acceptors (Lipinski definition) is 4.